The zero-order valence-corrected chi connectivity index (χ0v) is 12.6. The topological polar surface area (TPSA) is 49.9 Å². The van der Waals surface area contributed by atoms with E-state index in [4.69, 9.17) is 0 Å². The van der Waals surface area contributed by atoms with Crippen LogP contribution in [0.3, 0.4) is 0 Å². The Kier molecular flexibility index (Phi) is 8.87. The van der Waals surface area contributed by atoms with Crippen LogP contribution in [-0.2, 0) is 14.3 Å². The number of carbonyl (C=O) groups is 2. The molecule has 0 aromatic rings. The van der Waals surface area contributed by atoms with Crippen LogP contribution >= 0.6 is 0 Å². The molecule has 0 heterocycles. The van der Waals surface area contributed by atoms with Crippen molar-refractivity contribution in [3.05, 3.63) is 12.2 Å². The second-order valence-electron chi connectivity index (χ2n) is 4.78. The summed E-state index contributed by atoms with van der Waals surface area (Å²) in [5.41, 5.74) is 0.976. The zero-order chi connectivity index (χ0) is 14.8. The molecule has 0 saturated carbocycles. The van der Waals surface area contributed by atoms with Gasteiger partial charge in [0, 0.05) is 19.5 Å². The lowest BCUT2D eigenvalue weighted by atomic mass is 10.3. The first-order valence-electron chi connectivity index (χ1n) is 6.58. The molecule has 0 spiro atoms. The number of hydrogen-bond acceptors (Lipinski definition) is 4. The molecule has 0 rings (SSSR count). The number of carbonyl (C=O) groups excluding carboxylic acids is 2. The monoisotopic (exact) mass is 270 g/mol. The van der Waals surface area contributed by atoms with Crippen LogP contribution in [0.15, 0.2) is 12.2 Å². The Labute approximate surface area is 116 Å². The Morgan fingerprint density at radius 3 is 2.37 bits per heavy atom. The average molecular weight is 270 g/mol. The molecule has 0 saturated heterocycles. The molecule has 19 heavy (non-hydrogen) atoms. The molecule has 5 nitrogen and oxygen atoms in total. The minimum atomic E-state index is -0.211. The van der Waals surface area contributed by atoms with Crippen LogP contribution in [0.1, 0.15) is 26.7 Å². The molecule has 0 aliphatic carbocycles. The van der Waals surface area contributed by atoms with Crippen molar-refractivity contribution in [3.8, 4) is 0 Å². The maximum Gasteiger partial charge on any atom is 0.305 e. The predicted octanol–water partition coefficient (Wildman–Crippen LogP) is 1.30. The second kappa shape index (κ2) is 9.55. The van der Waals surface area contributed by atoms with E-state index >= 15 is 0 Å². The Bertz CT molecular complexity index is 316. The Hall–Kier alpha value is -1.36. The van der Waals surface area contributed by atoms with Gasteiger partial charge in [-0.3, -0.25) is 14.5 Å². The van der Waals surface area contributed by atoms with Crippen molar-refractivity contribution < 1.29 is 14.3 Å². The highest BCUT2D eigenvalue weighted by atomic mass is 16.5. The molecule has 5 heteroatoms. The van der Waals surface area contributed by atoms with Crippen molar-refractivity contribution in [2.45, 2.75) is 26.7 Å². The van der Waals surface area contributed by atoms with Crippen LogP contribution in [0.25, 0.3) is 0 Å². The first kappa shape index (κ1) is 17.6. The third-order valence-electron chi connectivity index (χ3n) is 2.75. The van der Waals surface area contributed by atoms with Gasteiger partial charge >= 0.3 is 5.97 Å². The fourth-order valence-corrected chi connectivity index (χ4v) is 1.71. The molecule has 0 unspecified atom stereocenters. The minimum absolute atomic E-state index is 0.0890. The van der Waals surface area contributed by atoms with Gasteiger partial charge in [0.25, 0.3) is 0 Å². The summed E-state index contributed by atoms with van der Waals surface area (Å²) >= 11 is 0. The van der Waals surface area contributed by atoms with Crippen LogP contribution < -0.4 is 0 Å². The van der Waals surface area contributed by atoms with Gasteiger partial charge in [-0.2, -0.15) is 0 Å². The SMILES string of the molecule is C=C(C)CN(CC)C(=O)CN(C)CCCC(=O)OC. The minimum Gasteiger partial charge on any atom is -0.469 e. The number of rotatable bonds is 9. The van der Waals surface area contributed by atoms with E-state index in [9.17, 15) is 9.59 Å². The highest BCUT2D eigenvalue weighted by Crippen LogP contribution is 2.00. The summed E-state index contributed by atoms with van der Waals surface area (Å²) in [6, 6.07) is 0. The summed E-state index contributed by atoms with van der Waals surface area (Å²) in [7, 11) is 3.26. The molecule has 0 aliphatic heterocycles. The maximum absolute atomic E-state index is 12.0. The fourth-order valence-electron chi connectivity index (χ4n) is 1.71. The highest BCUT2D eigenvalue weighted by Gasteiger charge is 2.14. The van der Waals surface area contributed by atoms with Crippen molar-refractivity contribution in [2.24, 2.45) is 0 Å². The molecule has 0 atom stereocenters. The molecule has 1 amide bonds. The van der Waals surface area contributed by atoms with Crippen LogP contribution in [0.5, 0.6) is 0 Å². The van der Waals surface area contributed by atoms with Gasteiger partial charge in [-0.25, -0.2) is 0 Å². The number of methoxy groups -OCH3 is 1. The first-order valence-corrected chi connectivity index (χ1v) is 6.58. The maximum atomic E-state index is 12.0. The van der Waals surface area contributed by atoms with Gasteiger partial charge in [-0.1, -0.05) is 12.2 Å². The van der Waals surface area contributed by atoms with E-state index in [1.807, 2.05) is 25.8 Å². The average Bonchev–Trinajstić information content (AvgIpc) is 2.35. The molecular formula is C14H26N2O3. The van der Waals surface area contributed by atoms with Crippen molar-refractivity contribution in [2.75, 3.05) is 40.3 Å². The molecule has 0 aromatic heterocycles. The normalized spacial score (nSPS) is 10.4. The van der Waals surface area contributed by atoms with Crippen molar-refractivity contribution in [1.29, 1.82) is 0 Å². The van der Waals surface area contributed by atoms with Crippen LogP contribution in [0.4, 0.5) is 0 Å². The molecule has 0 aliphatic rings. The van der Waals surface area contributed by atoms with E-state index in [2.05, 4.69) is 11.3 Å². The molecule has 0 fully saturated rings. The molecule has 110 valence electrons. The Morgan fingerprint density at radius 2 is 1.89 bits per heavy atom. The summed E-state index contributed by atoms with van der Waals surface area (Å²) < 4.78 is 4.57. The van der Waals surface area contributed by atoms with Gasteiger partial charge in [0.05, 0.1) is 13.7 Å². The smallest absolute Gasteiger partial charge is 0.305 e. The summed E-state index contributed by atoms with van der Waals surface area (Å²) in [6.45, 7) is 10.0. The highest BCUT2D eigenvalue weighted by molar-refractivity contribution is 5.78. The van der Waals surface area contributed by atoms with Gasteiger partial charge < -0.3 is 9.64 Å². The number of hydrogen-bond donors (Lipinski definition) is 0. The van der Waals surface area contributed by atoms with Crippen LogP contribution in [0, 0.1) is 0 Å². The quantitative estimate of drug-likeness (QED) is 0.468. The number of likely N-dealkylation sites (N-methyl/N-ethyl adjacent to an activating group) is 2. The summed E-state index contributed by atoms with van der Waals surface area (Å²) in [4.78, 5) is 26.7. The van der Waals surface area contributed by atoms with Gasteiger partial charge in [-0.05, 0) is 33.9 Å². The van der Waals surface area contributed by atoms with Gasteiger partial charge in [0.2, 0.25) is 5.91 Å². The van der Waals surface area contributed by atoms with E-state index in [0.29, 0.717) is 39.0 Å². The fraction of sp³-hybridized carbons (Fsp3) is 0.714. The molecule has 0 aromatic carbocycles. The van der Waals surface area contributed by atoms with E-state index in [0.717, 1.165) is 5.57 Å². The first-order chi connectivity index (χ1) is 8.90. The van der Waals surface area contributed by atoms with Crippen LogP contribution in [0.2, 0.25) is 0 Å². The number of ether oxygens (including phenoxy) is 1. The van der Waals surface area contributed by atoms with E-state index in [1.165, 1.54) is 7.11 Å². The van der Waals surface area contributed by atoms with Crippen molar-refractivity contribution in [1.82, 2.24) is 9.80 Å². The van der Waals surface area contributed by atoms with Crippen molar-refractivity contribution in [3.63, 3.8) is 0 Å². The second-order valence-corrected chi connectivity index (χ2v) is 4.78. The summed E-state index contributed by atoms with van der Waals surface area (Å²) in [6.07, 6.45) is 1.08. The predicted molar refractivity (Wildman–Crippen MR) is 75.8 cm³/mol. The van der Waals surface area contributed by atoms with E-state index < -0.39 is 0 Å². The lowest BCUT2D eigenvalue weighted by molar-refractivity contribution is -0.140. The molecule has 0 bridgehead atoms. The van der Waals surface area contributed by atoms with Gasteiger partial charge in [0.1, 0.15) is 0 Å². The van der Waals surface area contributed by atoms with Crippen molar-refractivity contribution >= 4 is 11.9 Å². The molecule has 0 radical (unpaired) electrons. The summed E-state index contributed by atoms with van der Waals surface area (Å²) in [5, 5.41) is 0. The van der Waals surface area contributed by atoms with E-state index in [-0.39, 0.29) is 11.9 Å². The summed E-state index contributed by atoms with van der Waals surface area (Å²) in [5.74, 6) is -0.122. The third kappa shape index (κ3) is 8.37. The lowest BCUT2D eigenvalue weighted by Gasteiger charge is -2.24. The Balaban J connectivity index is 4.02. The molecule has 0 N–H and O–H groups in total. The van der Waals surface area contributed by atoms with Gasteiger partial charge in [-0.15, -0.1) is 0 Å². The standard InChI is InChI=1S/C14H26N2O3/c1-6-16(10-12(2)3)13(17)11-15(4)9-7-8-14(18)19-5/h2,6-11H2,1,3-5H3. The number of esters is 1. The number of nitrogens with zero attached hydrogens (tertiary/aromatic N) is 2. The lowest BCUT2D eigenvalue weighted by Crippen LogP contribution is -2.40. The van der Waals surface area contributed by atoms with Gasteiger partial charge in [0.15, 0.2) is 0 Å². The number of amides is 1. The molecular weight excluding hydrogens is 244 g/mol. The Morgan fingerprint density at radius 1 is 1.26 bits per heavy atom. The third-order valence-corrected chi connectivity index (χ3v) is 2.75. The van der Waals surface area contributed by atoms with E-state index in [1.54, 1.807) is 4.90 Å². The zero-order valence-electron chi connectivity index (χ0n) is 12.6. The largest absolute Gasteiger partial charge is 0.469 e. The van der Waals surface area contributed by atoms with Crippen LogP contribution in [-0.4, -0.2) is 62.0 Å².